The number of hydrogen-bond acceptors (Lipinski definition) is 7. The predicted molar refractivity (Wildman–Crippen MR) is 106 cm³/mol. The minimum absolute atomic E-state index is 0.00113. The van der Waals surface area contributed by atoms with Crippen LogP contribution in [0.3, 0.4) is 0 Å². The van der Waals surface area contributed by atoms with Crippen LogP contribution >= 0.6 is 11.8 Å². The number of carbonyl (C=O) groups is 1. The van der Waals surface area contributed by atoms with Crippen LogP contribution in [0.2, 0.25) is 0 Å². The summed E-state index contributed by atoms with van der Waals surface area (Å²) in [4.78, 5) is 15.9. The molecular weight excluding hydrogens is 457 g/mol. The Hall–Kier alpha value is -2.97. The molecule has 2 heterocycles. The summed E-state index contributed by atoms with van der Waals surface area (Å²) < 4.78 is 62.6. The highest BCUT2D eigenvalue weighted by Gasteiger charge is 2.31. The average Bonchev–Trinajstić information content (AvgIpc) is 3.07. The van der Waals surface area contributed by atoms with Gasteiger partial charge in [-0.3, -0.25) is 14.3 Å². The lowest BCUT2D eigenvalue weighted by Gasteiger charge is -2.12. The number of sulfonamides is 1. The molecule has 164 valence electrons. The molecule has 0 spiro atoms. The normalized spacial score (nSPS) is 12.0. The van der Waals surface area contributed by atoms with Crippen molar-refractivity contribution in [2.24, 2.45) is 5.14 Å². The predicted octanol–water partition coefficient (Wildman–Crippen LogP) is 2.28. The van der Waals surface area contributed by atoms with E-state index in [1.54, 1.807) is 0 Å². The van der Waals surface area contributed by atoms with Crippen LogP contribution in [0.15, 0.2) is 58.8 Å². The molecule has 0 saturated heterocycles. The summed E-state index contributed by atoms with van der Waals surface area (Å²) in [6, 6.07) is 8.14. The summed E-state index contributed by atoms with van der Waals surface area (Å²) in [7, 11) is -3.87. The number of nitrogens with one attached hydrogen (secondary N) is 1. The fraction of sp³-hybridized carbons (Fsp3) is 0.176. The fourth-order valence-electron chi connectivity index (χ4n) is 2.49. The lowest BCUT2D eigenvalue weighted by molar-refractivity contribution is -0.141. The van der Waals surface area contributed by atoms with Gasteiger partial charge in [0.1, 0.15) is 6.54 Å². The highest BCUT2D eigenvalue weighted by atomic mass is 32.2. The molecule has 0 aliphatic rings. The summed E-state index contributed by atoms with van der Waals surface area (Å²) in [5.41, 5.74) is 0.699. The van der Waals surface area contributed by atoms with E-state index in [-0.39, 0.29) is 21.6 Å². The fourth-order valence-corrected chi connectivity index (χ4v) is 3.74. The van der Waals surface area contributed by atoms with Crippen LogP contribution in [0.5, 0.6) is 0 Å². The van der Waals surface area contributed by atoms with Crippen LogP contribution in [-0.4, -0.2) is 46.0 Å². The summed E-state index contributed by atoms with van der Waals surface area (Å²) in [6.07, 6.45) is -1.68. The Morgan fingerprint density at radius 2 is 1.74 bits per heavy atom. The number of nitrogens with two attached hydrogens (primary N) is 1. The van der Waals surface area contributed by atoms with E-state index < -0.39 is 28.7 Å². The SMILES string of the molecule is NS(=O)(=O)c1ccc(NC(=O)CSc2nnc(-c3ccncc3)n2CC(F)(F)F)cc1. The molecule has 3 aromatic rings. The average molecular weight is 472 g/mol. The number of carbonyl (C=O) groups excluding carboxylic acids is 1. The molecule has 14 heteroatoms. The smallest absolute Gasteiger partial charge is 0.325 e. The number of alkyl halides is 3. The van der Waals surface area contributed by atoms with Gasteiger partial charge in [-0.1, -0.05) is 11.8 Å². The van der Waals surface area contributed by atoms with Gasteiger partial charge in [0.2, 0.25) is 15.9 Å². The molecule has 0 bridgehead atoms. The van der Waals surface area contributed by atoms with Crippen molar-refractivity contribution in [2.45, 2.75) is 22.8 Å². The molecule has 2 aromatic heterocycles. The molecule has 31 heavy (non-hydrogen) atoms. The molecule has 1 amide bonds. The molecule has 0 unspecified atom stereocenters. The molecule has 3 N–H and O–H groups in total. The Labute approximate surface area is 178 Å². The zero-order valence-electron chi connectivity index (χ0n) is 15.6. The number of rotatable bonds is 7. The van der Waals surface area contributed by atoms with E-state index in [0.29, 0.717) is 11.3 Å². The Morgan fingerprint density at radius 1 is 1.10 bits per heavy atom. The minimum Gasteiger partial charge on any atom is -0.325 e. The van der Waals surface area contributed by atoms with Gasteiger partial charge in [-0.25, -0.2) is 13.6 Å². The van der Waals surface area contributed by atoms with Gasteiger partial charge in [0, 0.05) is 23.6 Å². The second-order valence-corrected chi connectivity index (χ2v) is 8.65. The minimum atomic E-state index is -4.52. The Morgan fingerprint density at radius 3 is 2.32 bits per heavy atom. The largest absolute Gasteiger partial charge is 0.406 e. The second kappa shape index (κ2) is 9.03. The van der Waals surface area contributed by atoms with Gasteiger partial charge >= 0.3 is 6.18 Å². The number of hydrogen-bond donors (Lipinski definition) is 2. The van der Waals surface area contributed by atoms with Crippen molar-refractivity contribution in [3.63, 3.8) is 0 Å². The van der Waals surface area contributed by atoms with Crippen molar-refractivity contribution >= 4 is 33.4 Å². The third-order valence-electron chi connectivity index (χ3n) is 3.79. The molecule has 3 rings (SSSR count). The number of primary sulfonamides is 1. The Kier molecular flexibility index (Phi) is 6.62. The number of aromatic nitrogens is 4. The number of amides is 1. The van der Waals surface area contributed by atoms with Crippen molar-refractivity contribution in [3.05, 3.63) is 48.8 Å². The number of pyridine rings is 1. The van der Waals surface area contributed by atoms with E-state index in [2.05, 4.69) is 20.5 Å². The number of anilines is 1. The second-order valence-electron chi connectivity index (χ2n) is 6.15. The first-order valence-corrected chi connectivity index (χ1v) is 11.0. The zero-order valence-corrected chi connectivity index (χ0v) is 17.2. The van der Waals surface area contributed by atoms with Crippen molar-refractivity contribution in [2.75, 3.05) is 11.1 Å². The molecule has 1 aromatic carbocycles. The van der Waals surface area contributed by atoms with Gasteiger partial charge in [-0.15, -0.1) is 10.2 Å². The van der Waals surface area contributed by atoms with Gasteiger partial charge in [-0.05, 0) is 36.4 Å². The maximum absolute atomic E-state index is 13.1. The van der Waals surface area contributed by atoms with E-state index in [4.69, 9.17) is 5.14 Å². The molecule has 0 atom stereocenters. The molecule has 0 aliphatic heterocycles. The van der Waals surface area contributed by atoms with Crippen molar-refractivity contribution in [1.29, 1.82) is 0 Å². The lowest BCUT2D eigenvalue weighted by atomic mass is 10.2. The maximum Gasteiger partial charge on any atom is 0.406 e. The quantitative estimate of drug-likeness (QED) is 0.504. The highest BCUT2D eigenvalue weighted by molar-refractivity contribution is 7.99. The van der Waals surface area contributed by atoms with Crippen LogP contribution in [-0.2, 0) is 21.4 Å². The Bertz CT molecular complexity index is 1170. The zero-order chi connectivity index (χ0) is 22.6. The van der Waals surface area contributed by atoms with Gasteiger partial charge < -0.3 is 5.32 Å². The number of halogens is 3. The van der Waals surface area contributed by atoms with E-state index in [1.165, 1.54) is 48.8 Å². The van der Waals surface area contributed by atoms with Crippen molar-refractivity contribution in [1.82, 2.24) is 19.7 Å². The molecule has 9 nitrogen and oxygen atoms in total. The molecule has 0 aliphatic carbocycles. The first kappa shape index (κ1) is 22.7. The highest BCUT2D eigenvalue weighted by Crippen LogP contribution is 2.28. The summed E-state index contributed by atoms with van der Waals surface area (Å²) >= 11 is 0.784. The van der Waals surface area contributed by atoms with Crippen LogP contribution in [0, 0.1) is 0 Å². The summed E-state index contributed by atoms with van der Waals surface area (Å²) in [5.74, 6) is -0.773. The van der Waals surface area contributed by atoms with Crippen molar-refractivity contribution in [3.8, 4) is 11.4 Å². The van der Waals surface area contributed by atoms with Crippen LogP contribution in [0.4, 0.5) is 18.9 Å². The molecule has 0 fully saturated rings. The van der Waals surface area contributed by atoms with E-state index in [9.17, 15) is 26.4 Å². The van der Waals surface area contributed by atoms with Gasteiger partial charge in [0.15, 0.2) is 11.0 Å². The van der Waals surface area contributed by atoms with E-state index in [1.807, 2.05) is 0 Å². The van der Waals surface area contributed by atoms with Gasteiger partial charge in [0.05, 0.1) is 10.6 Å². The number of thioether (sulfide) groups is 1. The van der Waals surface area contributed by atoms with Gasteiger partial charge in [-0.2, -0.15) is 13.2 Å². The molecule has 0 saturated carbocycles. The van der Waals surface area contributed by atoms with Crippen LogP contribution in [0.25, 0.3) is 11.4 Å². The summed E-state index contributed by atoms with van der Waals surface area (Å²) in [6.45, 7) is -1.32. The molecule has 0 radical (unpaired) electrons. The number of nitrogens with zero attached hydrogens (tertiary/aromatic N) is 4. The summed E-state index contributed by atoms with van der Waals surface area (Å²) in [5, 5.41) is 15.1. The number of benzene rings is 1. The molecular formula is C17H15F3N6O3S2. The van der Waals surface area contributed by atoms with Crippen LogP contribution in [0.1, 0.15) is 0 Å². The van der Waals surface area contributed by atoms with Gasteiger partial charge in [0.25, 0.3) is 0 Å². The standard InChI is InChI=1S/C17H15F3N6O3S2/c18-17(19,20)10-26-15(11-5-7-22-8-6-11)24-25-16(26)30-9-14(27)23-12-1-3-13(4-2-12)31(21,28)29/h1-8H,9-10H2,(H,23,27)(H2,21,28,29). The Balaban J connectivity index is 1.72. The van der Waals surface area contributed by atoms with Crippen LogP contribution < -0.4 is 10.5 Å². The third kappa shape index (κ3) is 6.26. The monoisotopic (exact) mass is 472 g/mol. The topological polar surface area (TPSA) is 133 Å². The lowest BCUT2D eigenvalue weighted by Crippen LogP contribution is -2.20. The third-order valence-corrected chi connectivity index (χ3v) is 5.69. The first-order valence-electron chi connectivity index (χ1n) is 8.49. The van der Waals surface area contributed by atoms with E-state index in [0.717, 1.165) is 16.3 Å². The van der Waals surface area contributed by atoms with E-state index >= 15 is 0 Å². The first-order chi connectivity index (χ1) is 14.5. The van der Waals surface area contributed by atoms with Crippen molar-refractivity contribution < 1.29 is 26.4 Å². The maximum atomic E-state index is 13.1.